The Bertz CT molecular complexity index is 634. The average molecular weight is 361 g/mol. The topological polar surface area (TPSA) is 61.7 Å². The third-order valence-corrected chi connectivity index (χ3v) is 5.68. The van der Waals surface area contributed by atoms with Gasteiger partial charge < -0.3 is 19.3 Å². The highest BCUT2D eigenvalue weighted by atomic mass is 16.2. The number of piperidine rings is 2. The lowest BCUT2D eigenvalue weighted by atomic mass is 9.92. The maximum atomic E-state index is 13.0. The van der Waals surface area contributed by atoms with E-state index < -0.39 is 0 Å². The minimum atomic E-state index is 0.0420. The molecule has 0 spiro atoms. The molecule has 0 aliphatic carbocycles. The summed E-state index contributed by atoms with van der Waals surface area (Å²) in [5, 5.41) is 0. The number of aryl methyl sites for hydroxylation is 1. The first kappa shape index (κ1) is 18.7. The van der Waals surface area contributed by atoms with Crippen molar-refractivity contribution in [1.29, 1.82) is 0 Å². The van der Waals surface area contributed by atoms with Crippen LogP contribution in [-0.2, 0) is 11.3 Å². The molecule has 0 N–H and O–H groups in total. The largest absolute Gasteiger partial charge is 0.342 e. The Kier molecular flexibility index (Phi) is 5.84. The van der Waals surface area contributed by atoms with Gasteiger partial charge in [0, 0.05) is 71.0 Å². The number of imidazole rings is 1. The monoisotopic (exact) mass is 361 g/mol. The maximum Gasteiger partial charge on any atom is 0.319 e. The summed E-state index contributed by atoms with van der Waals surface area (Å²) in [6, 6.07) is 0.0420. The minimum absolute atomic E-state index is 0.0420. The Morgan fingerprint density at radius 3 is 2.54 bits per heavy atom. The Labute approximate surface area is 156 Å². The predicted molar refractivity (Wildman–Crippen MR) is 99.8 cm³/mol. The van der Waals surface area contributed by atoms with Crippen LogP contribution < -0.4 is 0 Å². The normalized spacial score (nSPS) is 21.7. The quantitative estimate of drug-likeness (QED) is 0.827. The van der Waals surface area contributed by atoms with Crippen molar-refractivity contribution in [3.63, 3.8) is 0 Å². The van der Waals surface area contributed by atoms with Gasteiger partial charge in [-0.2, -0.15) is 0 Å². The first-order valence-electron chi connectivity index (χ1n) is 9.77. The number of carbonyl (C=O) groups is 2. The lowest BCUT2D eigenvalue weighted by Crippen LogP contribution is -2.48. The third kappa shape index (κ3) is 3.86. The molecule has 0 radical (unpaired) electrons. The fourth-order valence-corrected chi connectivity index (χ4v) is 4.19. The highest BCUT2D eigenvalue weighted by Gasteiger charge is 2.33. The number of rotatable bonds is 3. The summed E-state index contributed by atoms with van der Waals surface area (Å²) < 4.78 is 2.18. The lowest BCUT2D eigenvalue weighted by molar-refractivity contribution is -0.138. The fraction of sp³-hybridized carbons (Fsp3) is 0.737. The average Bonchev–Trinajstić information content (AvgIpc) is 3.16. The van der Waals surface area contributed by atoms with Gasteiger partial charge in [-0.15, -0.1) is 0 Å². The van der Waals surface area contributed by atoms with Crippen LogP contribution in [0.4, 0.5) is 4.79 Å². The summed E-state index contributed by atoms with van der Waals surface area (Å²) in [7, 11) is 3.54. The molecule has 2 saturated heterocycles. The molecular weight excluding hydrogens is 330 g/mol. The van der Waals surface area contributed by atoms with E-state index >= 15 is 0 Å². The number of hydrogen-bond donors (Lipinski definition) is 0. The molecular formula is C19H31N5O2. The summed E-state index contributed by atoms with van der Waals surface area (Å²) in [4.78, 5) is 35.1. The number of aromatic nitrogens is 2. The van der Waals surface area contributed by atoms with E-state index in [0.29, 0.717) is 19.0 Å². The molecule has 1 aromatic rings. The molecule has 1 aromatic heterocycles. The van der Waals surface area contributed by atoms with Crippen LogP contribution in [0.3, 0.4) is 0 Å². The first-order valence-corrected chi connectivity index (χ1v) is 9.77. The predicted octanol–water partition coefficient (Wildman–Crippen LogP) is 2.00. The molecule has 7 nitrogen and oxygen atoms in total. The van der Waals surface area contributed by atoms with Crippen molar-refractivity contribution in [2.75, 3.05) is 40.3 Å². The van der Waals surface area contributed by atoms with E-state index in [1.54, 1.807) is 19.0 Å². The Balaban J connectivity index is 1.57. The van der Waals surface area contributed by atoms with Crippen LogP contribution in [-0.4, -0.2) is 76.5 Å². The number of hydrogen-bond acceptors (Lipinski definition) is 3. The van der Waals surface area contributed by atoms with Crippen molar-refractivity contribution in [1.82, 2.24) is 24.3 Å². The molecule has 3 amide bonds. The zero-order valence-corrected chi connectivity index (χ0v) is 16.2. The van der Waals surface area contributed by atoms with Gasteiger partial charge in [0.15, 0.2) is 0 Å². The number of urea groups is 1. The summed E-state index contributed by atoms with van der Waals surface area (Å²) >= 11 is 0. The molecule has 0 aromatic carbocycles. The van der Waals surface area contributed by atoms with Crippen LogP contribution >= 0.6 is 0 Å². The molecule has 3 heterocycles. The fourth-order valence-electron chi connectivity index (χ4n) is 4.19. The van der Waals surface area contributed by atoms with E-state index in [-0.39, 0.29) is 17.9 Å². The van der Waals surface area contributed by atoms with Crippen molar-refractivity contribution in [3.05, 3.63) is 18.2 Å². The van der Waals surface area contributed by atoms with E-state index in [1.165, 1.54) is 0 Å². The third-order valence-electron chi connectivity index (χ3n) is 5.68. The number of amides is 3. The van der Waals surface area contributed by atoms with Crippen LogP contribution in [0.5, 0.6) is 0 Å². The van der Waals surface area contributed by atoms with Gasteiger partial charge in [-0.1, -0.05) is 0 Å². The maximum absolute atomic E-state index is 13.0. The molecule has 144 valence electrons. The van der Waals surface area contributed by atoms with Gasteiger partial charge in [0.05, 0.1) is 0 Å². The summed E-state index contributed by atoms with van der Waals surface area (Å²) in [5.74, 6) is 1.75. The molecule has 3 rings (SSSR count). The molecule has 2 fully saturated rings. The van der Waals surface area contributed by atoms with Gasteiger partial charge in [0.2, 0.25) is 5.91 Å². The molecule has 7 heteroatoms. The molecule has 0 bridgehead atoms. The van der Waals surface area contributed by atoms with Gasteiger partial charge in [-0.25, -0.2) is 9.78 Å². The smallest absolute Gasteiger partial charge is 0.319 e. The standard InChI is InChI=1S/C19H31N5O2/c1-4-22-13-9-20-17(22)16-6-5-10-24(14-16)18(25)15-7-11-23(12-8-15)19(26)21(2)3/h9,13,15-16H,4-8,10-12,14H2,1-3H3. The van der Waals surface area contributed by atoms with Gasteiger partial charge in [0.1, 0.15) is 5.82 Å². The summed E-state index contributed by atoms with van der Waals surface area (Å²) in [5.41, 5.74) is 0. The molecule has 1 unspecified atom stereocenters. The highest BCUT2D eigenvalue weighted by molar-refractivity contribution is 5.80. The molecule has 1 atom stereocenters. The van der Waals surface area contributed by atoms with Crippen LogP contribution in [0.1, 0.15) is 44.3 Å². The van der Waals surface area contributed by atoms with Crippen molar-refractivity contribution < 1.29 is 9.59 Å². The van der Waals surface area contributed by atoms with Crippen LogP contribution in [0.25, 0.3) is 0 Å². The van der Waals surface area contributed by atoms with E-state index in [2.05, 4.69) is 16.5 Å². The van der Waals surface area contributed by atoms with E-state index in [0.717, 1.165) is 51.1 Å². The van der Waals surface area contributed by atoms with Crippen molar-refractivity contribution >= 4 is 11.9 Å². The summed E-state index contributed by atoms with van der Waals surface area (Å²) in [6.45, 7) is 6.00. The Hall–Kier alpha value is -2.05. The lowest BCUT2D eigenvalue weighted by Gasteiger charge is -2.38. The van der Waals surface area contributed by atoms with Crippen molar-refractivity contribution in [2.45, 2.75) is 45.1 Å². The molecule has 2 aliphatic heterocycles. The van der Waals surface area contributed by atoms with Gasteiger partial charge in [-0.3, -0.25) is 4.79 Å². The minimum Gasteiger partial charge on any atom is -0.342 e. The van der Waals surface area contributed by atoms with Crippen molar-refractivity contribution in [2.24, 2.45) is 5.92 Å². The van der Waals surface area contributed by atoms with Crippen LogP contribution in [0.15, 0.2) is 12.4 Å². The van der Waals surface area contributed by atoms with Crippen LogP contribution in [0, 0.1) is 5.92 Å². The number of carbonyl (C=O) groups excluding carboxylic acids is 2. The van der Waals surface area contributed by atoms with Crippen LogP contribution in [0.2, 0.25) is 0 Å². The Morgan fingerprint density at radius 1 is 1.15 bits per heavy atom. The second kappa shape index (κ2) is 8.10. The number of nitrogens with zero attached hydrogens (tertiary/aromatic N) is 5. The van der Waals surface area contributed by atoms with E-state index in [1.807, 2.05) is 22.2 Å². The van der Waals surface area contributed by atoms with E-state index in [4.69, 9.17) is 0 Å². The van der Waals surface area contributed by atoms with Gasteiger partial charge in [0.25, 0.3) is 0 Å². The second-order valence-corrected chi connectivity index (χ2v) is 7.63. The molecule has 26 heavy (non-hydrogen) atoms. The van der Waals surface area contributed by atoms with Gasteiger partial charge >= 0.3 is 6.03 Å². The highest BCUT2D eigenvalue weighted by Crippen LogP contribution is 2.28. The first-order chi connectivity index (χ1) is 12.5. The number of likely N-dealkylation sites (tertiary alicyclic amines) is 2. The molecule has 2 aliphatic rings. The zero-order valence-electron chi connectivity index (χ0n) is 16.2. The van der Waals surface area contributed by atoms with E-state index in [9.17, 15) is 9.59 Å². The zero-order chi connectivity index (χ0) is 18.7. The SMILES string of the molecule is CCn1ccnc1C1CCCN(C(=O)C2CCN(C(=O)N(C)C)CC2)C1. The van der Waals surface area contributed by atoms with Crippen molar-refractivity contribution in [3.8, 4) is 0 Å². The summed E-state index contributed by atoms with van der Waals surface area (Å²) in [6.07, 6.45) is 7.54. The molecule has 0 saturated carbocycles. The second-order valence-electron chi connectivity index (χ2n) is 7.63. The Morgan fingerprint density at radius 2 is 1.88 bits per heavy atom. The van der Waals surface area contributed by atoms with Gasteiger partial charge in [-0.05, 0) is 32.6 Å².